The Morgan fingerprint density at radius 2 is 2.46 bits per heavy atom. The van der Waals surface area contributed by atoms with Crippen LogP contribution >= 0.6 is 11.8 Å². The van der Waals surface area contributed by atoms with Crippen LogP contribution in [0.3, 0.4) is 0 Å². The molecule has 0 aliphatic carbocycles. The van der Waals surface area contributed by atoms with Crippen molar-refractivity contribution >= 4 is 11.8 Å². The van der Waals surface area contributed by atoms with E-state index in [1.54, 1.807) is 12.3 Å². The van der Waals surface area contributed by atoms with Crippen LogP contribution in [-0.2, 0) is 0 Å². The zero-order valence-electron chi connectivity index (χ0n) is 7.43. The number of hydrogen-bond acceptors (Lipinski definition) is 5. The summed E-state index contributed by atoms with van der Waals surface area (Å²) in [5, 5.41) is 9.23. The summed E-state index contributed by atoms with van der Waals surface area (Å²) in [7, 11) is 0. The van der Waals surface area contributed by atoms with Gasteiger partial charge in [-0.05, 0) is 6.92 Å². The number of hydrogen-bond donors (Lipinski definition) is 1. The van der Waals surface area contributed by atoms with Crippen LogP contribution in [0.1, 0.15) is 6.92 Å². The molecule has 1 aromatic rings. The van der Waals surface area contributed by atoms with Crippen LogP contribution in [0.25, 0.3) is 0 Å². The smallest absolute Gasteiger partial charge is 0.217 e. The van der Waals surface area contributed by atoms with E-state index in [0.29, 0.717) is 23.4 Å². The molecule has 0 radical (unpaired) electrons. The molecule has 0 saturated carbocycles. The fourth-order valence-electron chi connectivity index (χ4n) is 0.760. The predicted molar refractivity (Wildman–Crippen MR) is 51.0 cm³/mol. The van der Waals surface area contributed by atoms with E-state index in [1.165, 1.54) is 11.8 Å². The Kier molecular flexibility index (Phi) is 4.56. The Hall–Kier alpha value is -0.810. The summed E-state index contributed by atoms with van der Waals surface area (Å²) in [4.78, 5) is 8.14. The molecule has 1 N–H and O–H groups in total. The van der Waals surface area contributed by atoms with Crippen molar-refractivity contribution in [3.05, 3.63) is 12.3 Å². The van der Waals surface area contributed by atoms with E-state index < -0.39 is 0 Å². The minimum Gasteiger partial charge on any atom is -0.478 e. The highest BCUT2D eigenvalue weighted by atomic mass is 32.2. The third kappa shape index (κ3) is 3.61. The van der Waals surface area contributed by atoms with Crippen molar-refractivity contribution in [3.8, 4) is 5.88 Å². The van der Waals surface area contributed by atoms with Gasteiger partial charge in [0, 0.05) is 18.0 Å². The topological polar surface area (TPSA) is 55.2 Å². The molecule has 0 fully saturated rings. The van der Waals surface area contributed by atoms with Gasteiger partial charge in [0.05, 0.1) is 13.2 Å². The quantitative estimate of drug-likeness (QED) is 0.566. The number of aliphatic hydroxyl groups excluding tert-OH is 1. The molecule has 0 unspecified atom stereocenters. The van der Waals surface area contributed by atoms with Gasteiger partial charge in [0.2, 0.25) is 5.88 Å². The summed E-state index contributed by atoms with van der Waals surface area (Å²) in [5.74, 6) is 1.19. The molecule has 13 heavy (non-hydrogen) atoms. The van der Waals surface area contributed by atoms with Gasteiger partial charge in [0.15, 0.2) is 5.16 Å². The van der Waals surface area contributed by atoms with Gasteiger partial charge < -0.3 is 9.84 Å². The van der Waals surface area contributed by atoms with E-state index >= 15 is 0 Å². The zero-order chi connectivity index (χ0) is 9.52. The monoisotopic (exact) mass is 200 g/mol. The number of ether oxygens (including phenoxy) is 1. The van der Waals surface area contributed by atoms with Crippen LogP contribution in [-0.4, -0.2) is 34.0 Å². The maximum absolute atomic E-state index is 8.59. The summed E-state index contributed by atoms with van der Waals surface area (Å²) in [6.45, 7) is 2.64. The summed E-state index contributed by atoms with van der Waals surface area (Å²) >= 11 is 1.41. The summed E-state index contributed by atoms with van der Waals surface area (Å²) in [6.07, 6.45) is 1.65. The van der Waals surface area contributed by atoms with Crippen molar-refractivity contribution < 1.29 is 9.84 Å². The van der Waals surface area contributed by atoms with Crippen molar-refractivity contribution in [1.29, 1.82) is 0 Å². The lowest BCUT2D eigenvalue weighted by molar-refractivity contribution is 0.320. The third-order valence-corrected chi connectivity index (χ3v) is 2.06. The van der Waals surface area contributed by atoms with Gasteiger partial charge in [0.1, 0.15) is 0 Å². The minimum atomic E-state index is 0.132. The lowest BCUT2D eigenvalue weighted by Gasteiger charge is -2.02. The lowest BCUT2D eigenvalue weighted by Crippen LogP contribution is -1.97. The first-order chi connectivity index (χ1) is 6.36. The molecule has 1 aromatic heterocycles. The SMILES string of the molecule is CCOc1ccnc(SCCO)n1. The molecule has 1 rings (SSSR count). The first kappa shape index (κ1) is 10.3. The second-order valence-corrected chi connectivity index (χ2v) is 3.24. The zero-order valence-corrected chi connectivity index (χ0v) is 8.25. The Bertz CT molecular complexity index is 258. The molecule has 0 atom stereocenters. The summed E-state index contributed by atoms with van der Waals surface area (Å²) in [6, 6.07) is 1.71. The van der Waals surface area contributed by atoms with E-state index in [1.807, 2.05) is 6.92 Å². The van der Waals surface area contributed by atoms with Gasteiger partial charge in [-0.1, -0.05) is 11.8 Å². The first-order valence-electron chi connectivity index (χ1n) is 4.06. The Labute approximate surface area is 81.4 Å². The Balaban J connectivity index is 2.56. The maximum Gasteiger partial charge on any atom is 0.217 e. The molecule has 72 valence electrons. The number of aliphatic hydroxyl groups is 1. The summed E-state index contributed by atoms with van der Waals surface area (Å²) < 4.78 is 5.20. The average Bonchev–Trinajstić information content (AvgIpc) is 2.16. The molecule has 0 spiro atoms. The van der Waals surface area contributed by atoms with E-state index in [4.69, 9.17) is 9.84 Å². The van der Waals surface area contributed by atoms with Crippen LogP contribution < -0.4 is 4.74 Å². The van der Waals surface area contributed by atoms with Crippen molar-refractivity contribution in [2.75, 3.05) is 19.0 Å². The normalized spacial score (nSPS) is 10.0. The van der Waals surface area contributed by atoms with Gasteiger partial charge in [-0.2, -0.15) is 4.98 Å². The highest BCUT2D eigenvalue weighted by Gasteiger charge is 1.99. The predicted octanol–water partition coefficient (Wildman–Crippen LogP) is 0.960. The molecular formula is C8H12N2O2S. The van der Waals surface area contributed by atoms with Crippen molar-refractivity contribution in [2.24, 2.45) is 0 Å². The largest absolute Gasteiger partial charge is 0.478 e. The minimum absolute atomic E-state index is 0.132. The van der Waals surface area contributed by atoms with E-state index in [9.17, 15) is 0 Å². The fourth-order valence-corrected chi connectivity index (χ4v) is 1.32. The molecule has 0 aromatic carbocycles. The molecule has 5 heteroatoms. The molecule has 0 amide bonds. The van der Waals surface area contributed by atoms with Crippen LogP contribution in [0.4, 0.5) is 0 Å². The van der Waals surface area contributed by atoms with Crippen molar-refractivity contribution in [2.45, 2.75) is 12.1 Å². The number of rotatable bonds is 5. The Morgan fingerprint density at radius 1 is 1.62 bits per heavy atom. The summed E-state index contributed by atoms with van der Waals surface area (Å²) in [5.41, 5.74) is 0. The number of aromatic nitrogens is 2. The first-order valence-corrected chi connectivity index (χ1v) is 5.05. The van der Waals surface area contributed by atoms with Gasteiger partial charge >= 0.3 is 0 Å². The molecule has 0 bridgehead atoms. The second kappa shape index (κ2) is 5.77. The number of thioether (sulfide) groups is 1. The standard InChI is InChI=1S/C8H12N2O2S/c1-2-12-7-3-4-9-8(10-7)13-6-5-11/h3-4,11H,2,5-6H2,1H3. The van der Waals surface area contributed by atoms with Crippen molar-refractivity contribution in [3.63, 3.8) is 0 Å². The fraction of sp³-hybridized carbons (Fsp3) is 0.500. The van der Waals surface area contributed by atoms with Crippen LogP contribution in [0, 0.1) is 0 Å². The van der Waals surface area contributed by atoms with E-state index in [2.05, 4.69) is 9.97 Å². The van der Waals surface area contributed by atoms with Crippen LogP contribution in [0.5, 0.6) is 5.88 Å². The van der Waals surface area contributed by atoms with Gasteiger partial charge in [-0.15, -0.1) is 0 Å². The number of nitrogens with zero attached hydrogens (tertiary/aromatic N) is 2. The van der Waals surface area contributed by atoms with Crippen LogP contribution in [0.15, 0.2) is 17.4 Å². The molecule has 0 aliphatic rings. The maximum atomic E-state index is 8.59. The van der Waals surface area contributed by atoms with E-state index in [-0.39, 0.29) is 6.61 Å². The molecule has 1 heterocycles. The second-order valence-electron chi connectivity index (χ2n) is 2.18. The molecular weight excluding hydrogens is 188 g/mol. The van der Waals surface area contributed by atoms with Crippen molar-refractivity contribution in [1.82, 2.24) is 9.97 Å². The highest BCUT2D eigenvalue weighted by Crippen LogP contribution is 2.14. The van der Waals surface area contributed by atoms with Gasteiger partial charge in [0.25, 0.3) is 0 Å². The van der Waals surface area contributed by atoms with Crippen LogP contribution in [0.2, 0.25) is 0 Å². The molecule has 0 aliphatic heterocycles. The van der Waals surface area contributed by atoms with E-state index in [0.717, 1.165) is 0 Å². The highest BCUT2D eigenvalue weighted by molar-refractivity contribution is 7.99. The Morgan fingerprint density at radius 3 is 3.15 bits per heavy atom. The third-order valence-electron chi connectivity index (χ3n) is 1.22. The molecule has 0 saturated heterocycles. The molecule has 4 nitrogen and oxygen atoms in total. The lowest BCUT2D eigenvalue weighted by atomic mass is 10.6. The average molecular weight is 200 g/mol. The van der Waals surface area contributed by atoms with Gasteiger partial charge in [-0.25, -0.2) is 4.98 Å². The van der Waals surface area contributed by atoms with Gasteiger partial charge in [-0.3, -0.25) is 0 Å².